The number of pyridine rings is 1. The van der Waals surface area contributed by atoms with Gasteiger partial charge in [-0.05, 0) is 75.9 Å². The SMILES string of the molecule is CCc1cc2ccc(C(C)(C#N)Cc3cccc4c3ccn4C(=O)OC(C)(C)C)cc2nc1OC. The predicted octanol–water partition coefficient (Wildman–Crippen LogP) is 6.57. The second kappa shape index (κ2) is 9.07. The zero-order chi connectivity index (χ0) is 25.4. The van der Waals surface area contributed by atoms with Crippen molar-refractivity contribution in [1.82, 2.24) is 9.55 Å². The monoisotopic (exact) mass is 469 g/mol. The molecule has 2 heterocycles. The van der Waals surface area contributed by atoms with E-state index in [2.05, 4.69) is 19.1 Å². The summed E-state index contributed by atoms with van der Waals surface area (Å²) in [4.78, 5) is 17.4. The fourth-order valence-corrected chi connectivity index (χ4v) is 4.41. The lowest BCUT2D eigenvalue weighted by molar-refractivity contribution is 0.0544. The molecule has 4 aromatic rings. The highest BCUT2D eigenvalue weighted by molar-refractivity contribution is 5.91. The van der Waals surface area contributed by atoms with E-state index >= 15 is 0 Å². The summed E-state index contributed by atoms with van der Waals surface area (Å²) in [5, 5.41) is 12.2. The Morgan fingerprint density at radius 2 is 1.86 bits per heavy atom. The molecule has 6 heteroatoms. The maximum absolute atomic E-state index is 12.7. The molecule has 180 valence electrons. The van der Waals surface area contributed by atoms with E-state index in [-0.39, 0.29) is 0 Å². The number of aromatic nitrogens is 2. The van der Waals surface area contributed by atoms with Crippen LogP contribution in [0.5, 0.6) is 5.88 Å². The van der Waals surface area contributed by atoms with Crippen LogP contribution < -0.4 is 4.74 Å². The van der Waals surface area contributed by atoms with Crippen LogP contribution in [0.15, 0.2) is 54.7 Å². The largest absolute Gasteiger partial charge is 0.481 e. The van der Waals surface area contributed by atoms with Gasteiger partial charge in [0, 0.05) is 22.5 Å². The highest BCUT2D eigenvalue weighted by Crippen LogP contribution is 2.34. The van der Waals surface area contributed by atoms with Gasteiger partial charge >= 0.3 is 6.09 Å². The third kappa shape index (κ3) is 4.72. The Morgan fingerprint density at radius 1 is 1.09 bits per heavy atom. The van der Waals surface area contributed by atoms with Crippen LogP contribution in [0.1, 0.15) is 51.3 Å². The summed E-state index contributed by atoms with van der Waals surface area (Å²) in [6.07, 6.45) is 2.61. The van der Waals surface area contributed by atoms with Crippen LogP contribution in [-0.2, 0) is 23.0 Å². The molecule has 2 aromatic heterocycles. The Balaban J connectivity index is 1.73. The molecule has 0 aliphatic heterocycles. The van der Waals surface area contributed by atoms with Crippen molar-refractivity contribution in [2.75, 3.05) is 7.11 Å². The number of benzene rings is 2. The van der Waals surface area contributed by atoms with Crippen LogP contribution in [-0.4, -0.2) is 28.4 Å². The van der Waals surface area contributed by atoms with Crippen LogP contribution >= 0.6 is 0 Å². The normalized spacial score (nSPS) is 13.4. The molecule has 4 rings (SSSR count). The number of carbonyl (C=O) groups excluding carboxylic acids is 1. The van der Waals surface area contributed by atoms with Gasteiger partial charge in [0.2, 0.25) is 5.88 Å². The van der Waals surface area contributed by atoms with Gasteiger partial charge < -0.3 is 9.47 Å². The number of rotatable bonds is 5. The van der Waals surface area contributed by atoms with E-state index in [0.717, 1.165) is 44.9 Å². The lowest BCUT2D eigenvalue weighted by atomic mass is 9.77. The van der Waals surface area contributed by atoms with Crippen molar-refractivity contribution in [3.63, 3.8) is 0 Å². The van der Waals surface area contributed by atoms with Gasteiger partial charge in [0.25, 0.3) is 0 Å². The average molecular weight is 470 g/mol. The molecule has 1 atom stereocenters. The van der Waals surface area contributed by atoms with Crippen LogP contribution in [0, 0.1) is 11.3 Å². The van der Waals surface area contributed by atoms with E-state index in [1.54, 1.807) is 13.3 Å². The maximum Gasteiger partial charge on any atom is 0.418 e. The molecule has 0 aliphatic rings. The summed E-state index contributed by atoms with van der Waals surface area (Å²) in [7, 11) is 1.63. The lowest BCUT2D eigenvalue weighted by Gasteiger charge is -2.23. The molecule has 0 saturated carbocycles. The smallest absolute Gasteiger partial charge is 0.418 e. The van der Waals surface area contributed by atoms with Gasteiger partial charge in [0.05, 0.1) is 29.6 Å². The third-order valence-electron chi connectivity index (χ3n) is 6.27. The highest BCUT2D eigenvalue weighted by atomic mass is 16.6. The summed E-state index contributed by atoms with van der Waals surface area (Å²) in [6.45, 7) is 9.55. The second-order valence-electron chi connectivity index (χ2n) is 10.1. The van der Waals surface area contributed by atoms with Crippen molar-refractivity contribution in [2.45, 2.75) is 58.5 Å². The second-order valence-corrected chi connectivity index (χ2v) is 10.1. The minimum atomic E-state index is -0.797. The molecule has 1 unspecified atom stereocenters. The molecule has 2 aromatic carbocycles. The van der Waals surface area contributed by atoms with Crippen molar-refractivity contribution in [3.8, 4) is 11.9 Å². The summed E-state index contributed by atoms with van der Waals surface area (Å²) >= 11 is 0. The summed E-state index contributed by atoms with van der Waals surface area (Å²) in [5.41, 5.74) is 3.10. The van der Waals surface area contributed by atoms with E-state index in [1.165, 1.54) is 4.57 Å². The topological polar surface area (TPSA) is 77.1 Å². The Bertz CT molecular complexity index is 1460. The van der Waals surface area contributed by atoms with Crippen molar-refractivity contribution in [2.24, 2.45) is 0 Å². The summed E-state index contributed by atoms with van der Waals surface area (Å²) in [6, 6.07) is 18.3. The Kier molecular flexibility index (Phi) is 6.29. The van der Waals surface area contributed by atoms with Crippen LogP contribution in [0.2, 0.25) is 0 Å². The number of carbonyl (C=O) groups is 1. The molecule has 0 spiro atoms. The van der Waals surface area contributed by atoms with Crippen molar-refractivity contribution >= 4 is 27.9 Å². The Hall–Kier alpha value is -3.85. The molecular weight excluding hydrogens is 438 g/mol. The van der Waals surface area contributed by atoms with E-state index in [9.17, 15) is 10.1 Å². The molecular formula is C29H31N3O3. The number of aryl methyl sites for hydroxylation is 1. The van der Waals surface area contributed by atoms with Crippen molar-refractivity contribution in [3.05, 3.63) is 71.4 Å². The van der Waals surface area contributed by atoms with Gasteiger partial charge in [-0.2, -0.15) is 5.26 Å². The van der Waals surface area contributed by atoms with Gasteiger partial charge in [-0.15, -0.1) is 0 Å². The fraction of sp³-hybridized carbons (Fsp3) is 0.345. The standard InChI is InChI=1S/C29H31N3O3/c1-7-19-15-20-11-12-22(16-24(20)31-26(19)34-6)29(5,18-30)17-21-9-8-10-25-23(21)13-14-32(25)27(33)35-28(2,3)4/h8-16H,7,17H2,1-6H3. The lowest BCUT2D eigenvalue weighted by Crippen LogP contribution is -2.26. The number of ether oxygens (including phenoxy) is 2. The molecule has 0 amide bonds. The molecule has 35 heavy (non-hydrogen) atoms. The number of nitriles is 1. The van der Waals surface area contributed by atoms with Gasteiger partial charge in [0.15, 0.2) is 0 Å². The van der Waals surface area contributed by atoms with Gasteiger partial charge in [-0.1, -0.05) is 31.2 Å². The average Bonchev–Trinajstić information content (AvgIpc) is 3.27. The summed E-state index contributed by atoms with van der Waals surface area (Å²) < 4.78 is 12.5. The fourth-order valence-electron chi connectivity index (χ4n) is 4.41. The quantitative estimate of drug-likeness (QED) is 0.330. The highest BCUT2D eigenvalue weighted by Gasteiger charge is 2.29. The van der Waals surface area contributed by atoms with Crippen LogP contribution in [0.25, 0.3) is 21.8 Å². The number of hydrogen-bond acceptors (Lipinski definition) is 5. The first kappa shape index (κ1) is 24.3. The number of nitrogens with zero attached hydrogens (tertiary/aromatic N) is 3. The summed E-state index contributed by atoms with van der Waals surface area (Å²) in [5.74, 6) is 0.615. The first-order valence-electron chi connectivity index (χ1n) is 11.8. The van der Waals surface area contributed by atoms with Gasteiger partial charge in [0.1, 0.15) is 5.60 Å². The zero-order valence-electron chi connectivity index (χ0n) is 21.2. The maximum atomic E-state index is 12.7. The van der Waals surface area contributed by atoms with E-state index in [4.69, 9.17) is 14.5 Å². The molecule has 6 nitrogen and oxygen atoms in total. The van der Waals surface area contributed by atoms with E-state index < -0.39 is 17.1 Å². The Morgan fingerprint density at radius 3 is 2.51 bits per heavy atom. The van der Waals surface area contributed by atoms with E-state index in [1.807, 2.05) is 70.2 Å². The van der Waals surface area contributed by atoms with Crippen LogP contribution in [0.3, 0.4) is 0 Å². The molecule has 0 N–H and O–H groups in total. The third-order valence-corrected chi connectivity index (χ3v) is 6.27. The van der Waals surface area contributed by atoms with Crippen molar-refractivity contribution in [1.29, 1.82) is 5.26 Å². The molecule has 0 aliphatic carbocycles. The number of methoxy groups -OCH3 is 1. The number of hydrogen-bond donors (Lipinski definition) is 0. The van der Waals surface area contributed by atoms with Gasteiger partial charge in [-0.25, -0.2) is 9.78 Å². The van der Waals surface area contributed by atoms with E-state index in [0.29, 0.717) is 12.3 Å². The van der Waals surface area contributed by atoms with Gasteiger partial charge in [-0.3, -0.25) is 4.57 Å². The molecule has 0 saturated heterocycles. The zero-order valence-corrected chi connectivity index (χ0v) is 21.2. The molecule has 0 fully saturated rings. The first-order chi connectivity index (χ1) is 16.6. The predicted molar refractivity (Wildman–Crippen MR) is 138 cm³/mol. The Labute approximate surface area is 206 Å². The first-order valence-corrected chi connectivity index (χ1v) is 11.8. The minimum Gasteiger partial charge on any atom is -0.481 e. The molecule has 0 bridgehead atoms. The number of fused-ring (bicyclic) bond motifs is 2. The minimum absolute atomic E-state index is 0.423. The van der Waals surface area contributed by atoms with Crippen molar-refractivity contribution < 1.29 is 14.3 Å². The molecule has 0 radical (unpaired) electrons. The van der Waals surface area contributed by atoms with Crippen LogP contribution in [0.4, 0.5) is 4.79 Å².